The Morgan fingerprint density at radius 2 is 2.08 bits per heavy atom. The lowest BCUT2D eigenvalue weighted by molar-refractivity contribution is -0.125. The number of carbonyl (C=O) groups is 1. The van der Waals surface area contributed by atoms with Crippen LogP contribution in [0.5, 0.6) is 0 Å². The van der Waals surface area contributed by atoms with Crippen LogP contribution >= 0.6 is 0 Å². The van der Waals surface area contributed by atoms with Gasteiger partial charge in [0.05, 0.1) is 6.04 Å². The Kier molecular flexibility index (Phi) is 4.18. The minimum Gasteiger partial charge on any atom is -0.351 e. The smallest absolute Gasteiger partial charge is 0.231 e. The number of benzene rings is 1. The number of aromatic nitrogens is 4. The SMILES string of the molecule is C=C1Nc2ncnn2[C@@H](c2cccnc2)[C@H]1C(=O)NCc1ccccc1. The molecule has 3 heterocycles. The Balaban J connectivity index is 1.64. The molecule has 0 aliphatic carbocycles. The van der Waals surface area contributed by atoms with Gasteiger partial charge in [-0.3, -0.25) is 9.78 Å². The summed E-state index contributed by atoms with van der Waals surface area (Å²) < 4.78 is 1.71. The largest absolute Gasteiger partial charge is 0.351 e. The minimum absolute atomic E-state index is 0.124. The Bertz CT molecular complexity index is 921. The van der Waals surface area contributed by atoms with E-state index in [2.05, 4.69) is 32.3 Å². The van der Waals surface area contributed by atoms with Gasteiger partial charge in [0.15, 0.2) is 0 Å². The fraction of sp³-hybridized carbons (Fsp3) is 0.158. The fourth-order valence-corrected chi connectivity index (χ4v) is 3.18. The predicted molar refractivity (Wildman–Crippen MR) is 96.9 cm³/mol. The van der Waals surface area contributed by atoms with E-state index in [9.17, 15) is 4.79 Å². The van der Waals surface area contributed by atoms with Crippen molar-refractivity contribution in [2.45, 2.75) is 12.6 Å². The molecule has 2 N–H and O–H groups in total. The van der Waals surface area contributed by atoms with Crippen molar-refractivity contribution < 1.29 is 4.79 Å². The second-order valence-corrected chi connectivity index (χ2v) is 6.09. The van der Waals surface area contributed by atoms with Crippen molar-refractivity contribution in [3.8, 4) is 0 Å². The number of rotatable bonds is 4. The monoisotopic (exact) mass is 346 g/mol. The van der Waals surface area contributed by atoms with Crippen molar-refractivity contribution in [3.63, 3.8) is 0 Å². The quantitative estimate of drug-likeness (QED) is 0.756. The number of nitrogens with zero attached hydrogens (tertiary/aromatic N) is 4. The first-order valence-electron chi connectivity index (χ1n) is 8.31. The van der Waals surface area contributed by atoms with Crippen LogP contribution in [0.3, 0.4) is 0 Å². The van der Waals surface area contributed by atoms with E-state index in [1.54, 1.807) is 17.1 Å². The van der Waals surface area contributed by atoms with Gasteiger partial charge in [-0.15, -0.1) is 0 Å². The van der Waals surface area contributed by atoms with Crippen molar-refractivity contribution in [2.75, 3.05) is 5.32 Å². The summed E-state index contributed by atoms with van der Waals surface area (Å²) in [6, 6.07) is 13.2. The molecule has 7 heteroatoms. The molecule has 1 aliphatic rings. The zero-order chi connectivity index (χ0) is 17.9. The van der Waals surface area contributed by atoms with Crippen LogP contribution in [-0.2, 0) is 11.3 Å². The molecule has 2 atom stereocenters. The van der Waals surface area contributed by atoms with Gasteiger partial charge in [-0.2, -0.15) is 10.1 Å². The molecule has 2 aromatic heterocycles. The molecule has 1 aromatic carbocycles. The maximum absolute atomic E-state index is 13.0. The third-order valence-corrected chi connectivity index (χ3v) is 4.42. The van der Waals surface area contributed by atoms with E-state index in [1.807, 2.05) is 42.5 Å². The van der Waals surface area contributed by atoms with E-state index in [4.69, 9.17) is 0 Å². The van der Waals surface area contributed by atoms with Gasteiger partial charge < -0.3 is 10.6 Å². The maximum atomic E-state index is 13.0. The maximum Gasteiger partial charge on any atom is 0.231 e. The number of fused-ring (bicyclic) bond motifs is 1. The lowest BCUT2D eigenvalue weighted by Gasteiger charge is -2.33. The van der Waals surface area contributed by atoms with Crippen LogP contribution in [-0.4, -0.2) is 25.7 Å². The molecule has 130 valence electrons. The number of anilines is 1. The number of carbonyl (C=O) groups excluding carboxylic acids is 1. The Labute approximate surface area is 150 Å². The topological polar surface area (TPSA) is 84.7 Å². The summed E-state index contributed by atoms with van der Waals surface area (Å²) in [6.45, 7) is 4.50. The van der Waals surface area contributed by atoms with E-state index < -0.39 is 5.92 Å². The molecule has 0 saturated carbocycles. The highest BCUT2D eigenvalue weighted by Gasteiger charge is 2.39. The molecule has 1 amide bonds. The van der Waals surface area contributed by atoms with Crippen molar-refractivity contribution in [1.29, 1.82) is 0 Å². The highest BCUT2D eigenvalue weighted by Crippen LogP contribution is 2.36. The zero-order valence-electron chi connectivity index (χ0n) is 14.0. The van der Waals surface area contributed by atoms with Gasteiger partial charge in [0.1, 0.15) is 12.2 Å². The Morgan fingerprint density at radius 3 is 2.85 bits per heavy atom. The first-order chi connectivity index (χ1) is 12.7. The highest BCUT2D eigenvalue weighted by molar-refractivity contribution is 5.84. The molecule has 0 spiro atoms. The van der Waals surface area contributed by atoms with Gasteiger partial charge in [-0.05, 0) is 17.2 Å². The van der Waals surface area contributed by atoms with Crippen molar-refractivity contribution in [3.05, 3.63) is 84.6 Å². The molecule has 4 rings (SSSR count). The molecule has 7 nitrogen and oxygen atoms in total. The van der Waals surface area contributed by atoms with Crippen LogP contribution < -0.4 is 10.6 Å². The molecule has 0 fully saturated rings. The van der Waals surface area contributed by atoms with Crippen molar-refractivity contribution in [2.24, 2.45) is 5.92 Å². The van der Waals surface area contributed by atoms with Crippen LogP contribution in [0.4, 0.5) is 5.95 Å². The van der Waals surface area contributed by atoms with Gasteiger partial charge in [-0.25, -0.2) is 4.68 Å². The van der Waals surface area contributed by atoms with E-state index >= 15 is 0 Å². The molecular formula is C19H18N6O. The molecule has 1 aliphatic heterocycles. The number of hydrogen-bond donors (Lipinski definition) is 2. The second kappa shape index (κ2) is 6.79. The van der Waals surface area contributed by atoms with Crippen LogP contribution in [0, 0.1) is 5.92 Å². The number of amides is 1. The second-order valence-electron chi connectivity index (χ2n) is 6.09. The van der Waals surface area contributed by atoms with Gasteiger partial charge in [0.25, 0.3) is 0 Å². The third kappa shape index (κ3) is 2.95. The van der Waals surface area contributed by atoms with E-state index in [1.165, 1.54) is 6.33 Å². The summed E-state index contributed by atoms with van der Waals surface area (Å²) in [7, 11) is 0. The van der Waals surface area contributed by atoms with Gasteiger partial charge in [0.2, 0.25) is 11.9 Å². The van der Waals surface area contributed by atoms with E-state index in [-0.39, 0.29) is 11.9 Å². The van der Waals surface area contributed by atoms with Crippen molar-refractivity contribution in [1.82, 2.24) is 25.1 Å². The molecule has 0 saturated heterocycles. The average Bonchev–Trinajstić information content (AvgIpc) is 3.14. The standard InChI is InChI=1S/C19H18N6O/c1-13-16(18(26)21-10-14-6-3-2-4-7-14)17(15-8-5-9-20-11-15)25-19(24-13)22-12-23-25/h2-9,11-12,16-17H,1,10H2,(H,21,26)(H,22,23,24)/t16-,17-/m0/s1. The van der Waals surface area contributed by atoms with Gasteiger partial charge in [0, 0.05) is 24.6 Å². The summed E-state index contributed by atoms with van der Waals surface area (Å²) in [6.07, 6.45) is 4.90. The molecule has 0 radical (unpaired) electrons. The van der Waals surface area contributed by atoms with Crippen LogP contribution in [0.2, 0.25) is 0 Å². The van der Waals surface area contributed by atoms with Crippen LogP contribution in [0.15, 0.2) is 73.5 Å². The number of hydrogen-bond acceptors (Lipinski definition) is 5. The first-order valence-corrected chi connectivity index (χ1v) is 8.31. The van der Waals surface area contributed by atoms with E-state index in [0.29, 0.717) is 18.2 Å². The van der Waals surface area contributed by atoms with Crippen LogP contribution in [0.25, 0.3) is 0 Å². The average molecular weight is 346 g/mol. The minimum atomic E-state index is -0.530. The Hall–Kier alpha value is -3.48. The summed E-state index contributed by atoms with van der Waals surface area (Å²) in [5.74, 6) is -0.0885. The third-order valence-electron chi connectivity index (χ3n) is 4.42. The molecule has 0 unspecified atom stereocenters. The molecule has 3 aromatic rings. The van der Waals surface area contributed by atoms with Gasteiger partial charge >= 0.3 is 0 Å². The normalized spacial score (nSPS) is 18.7. The summed E-state index contributed by atoms with van der Waals surface area (Å²) in [4.78, 5) is 21.4. The fourth-order valence-electron chi connectivity index (χ4n) is 3.18. The van der Waals surface area contributed by atoms with Gasteiger partial charge in [-0.1, -0.05) is 43.0 Å². The number of nitrogens with one attached hydrogen (secondary N) is 2. The molecule has 26 heavy (non-hydrogen) atoms. The Morgan fingerprint density at radius 1 is 1.23 bits per heavy atom. The zero-order valence-corrected chi connectivity index (χ0v) is 14.0. The number of pyridine rings is 1. The van der Waals surface area contributed by atoms with E-state index in [0.717, 1.165) is 11.1 Å². The molecule has 0 bridgehead atoms. The lowest BCUT2D eigenvalue weighted by Crippen LogP contribution is -2.42. The highest BCUT2D eigenvalue weighted by atomic mass is 16.2. The predicted octanol–water partition coefficient (Wildman–Crippen LogP) is 2.13. The first kappa shape index (κ1) is 16.0. The summed E-state index contributed by atoms with van der Waals surface area (Å²) >= 11 is 0. The summed E-state index contributed by atoms with van der Waals surface area (Å²) in [5, 5.41) is 10.4. The summed E-state index contributed by atoms with van der Waals surface area (Å²) in [5.41, 5.74) is 2.50. The molecular weight excluding hydrogens is 328 g/mol. The van der Waals surface area contributed by atoms with Crippen molar-refractivity contribution >= 4 is 11.9 Å². The van der Waals surface area contributed by atoms with Crippen LogP contribution in [0.1, 0.15) is 17.2 Å². The lowest BCUT2D eigenvalue weighted by atomic mass is 9.89.